The second kappa shape index (κ2) is 11.6. The minimum absolute atomic E-state index is 0.513. The van der Waals surface area contributed by atoms with Crippen molar-refractivity contribution in [3.05, 3.63) is 31.8 Å². The first-order valence-corrected chi connectivity index (χ1v) is 10.3. The summed E-state index contributed by atoms with van der Waals surface area (Å²) in [4.78, 5) is 0. The van der Waals surface area contributed by atoms with Crippen LogP contribution in [0.15, 0.2) is 0 Å². The Morgan fingerprint density at radius 1 is 0.565 bits per heavy atom. The number of rotatable bonds is 11. The Hall–Kier alpha value is 0.0900. The SMILES string of the molecule is CCCCCCCCCCCCc1c(C)c(C)c(Cl)c(Cl)c1Cl. The third-order valence-electron chi connectivity index (χ3n) is 4.78. The lowest BCUT2D eigenvalue weighted by atomic mass is 9.97. The molecule has 3 heteroatoms. The van der Waals surface area contributed by atoms with Gasteiger partial charge in [-0.2, -0.15) is 0 Å². The first kappa shape index (κ1) is 21.1. The van der Waals surface area contributed by atoms with Crippen molar-refractivity contribution >= 4 is 34.8 Å². The largest absolute Gasteiger partial charge is 0.0824 e. The van der Waals surface area contributed by atoms with E-state index in [1.54, 1.807) is 0 Å². The fourth-order valence-electron chi connectivity index (χ4n) is 3.04. The van der Waals surface area contributed by atoms with Crippen molar-refractivity contribution in [2.24, 2.45) is 0 Å². The average molecular weight is 378 g/mol. The van der Waals surface area contributed by atoms with E-state index in [9.17, 15) is 0 Å². The van der Waals surface area contributed by atoms with E-state index in [0.29, 0.717) is 15.1 Å². The number of hydrogen-bond acceptors (Lipinski definition) is 0. The average Bonchev–Trinajstić information content (AvgIpc) is 2.55. The van der Waals surface area contributed by atoms with Crippen LogP contribution in [0.2, 0.25) is 15.1 Å². The van der Waals surface area contributed by atoms with Crippen molar-refractivity contribution in [1.29, 1.82) is 0 Å². The van der Waals surface area contributed by atoms with Gasteiger partial charge in [-0.1, -0.05) is 99.5 Å². The summed E-state index contributed by atoms with van der Waals surface area (Å²) in [6.07, 6.45) is 14.4. The minimum Gasteiger partial charge on any atom is -0.0824 e. The lowest BCUT2D eigenvalue weighted by Gasteiger charge is -2.15. The van der Waals surface area contributed by atoms with Gasteiger partial charge in [0.05, 0.1) is 15.1 Å². The maximum absolute atomic E-state index is 6.38. The lowest BCUT2D eigenvalue weighted by molar-refractivity contribution is 0.556. The molecule has 0 bridgehead atoms. The maximum Gasteiger partial charge on any atom is 0.0784 e. The zero-order chi connectivity index (χ0) is 17.2. The summed E-state index contributed by atoms with van der Waals surface area (Å²) < 4.78 is 0. The zero-order valence-corrected chi connectivity index (χ0v) is 17.2. The Balaban J connectivity index is 2.27. The lowest BCUT2D eigenvalue weighted by Crippen LogP contribution is -1.97. The molecule has 0 heterocycles. The Morgan fingerprint density at radius 2 is 1.04 bits per heavy atom. The highest BCUT2D eigenvalue weighted by Crippen LogP contribution is 2.38. The highest BCUT2D eigenvalue weighted by molar-refractivity contribution is 6.48. The second-order valence-electron chi connectivity index (χ2n) is 6.60. The van der Waals surface area contributed by atoms with Crippen LogP contribution in [-0.2, 0) is 6.42 Å². The van der Waals surface area contributed by atoms with Gasteiger partial charge in [0.15, 0.2) is 0 Å². The molecule has 132 valence electrons. The predicted molar refractivity (Wildman–Crippen MR) is 106 cm³/mol. The van der Waals surface area contributed by atoms with Crippen molar-refractivity contribution < 1.29 is 0 Å². The van der Waals surface area contributed by atoms with Gasteiger partial charge in [0.25, 0.3) is 0 Å². The van der Waals surface area contributed by atoms with Gasteiger partial charge in [0.1, 0.15) is 0 Å². The molecule has 0 amide bonds. The topological polar surface area (TPSA) is 0 Å². The summed E-state index contributed by atoms with van der Waals surface area (Å²) in [7, 11) is 0. The fourth-order valence-corrected chi connectivity index (χ4v) is 3.91. The van der Waals surface area contributed by atoms with Gasteiger partial charge in [-0.05, 0) is 43.4 Å². The van der Waals surface area contributed by atoms with Gasteiger partial charge in [0, 0.05) is 0 Å². The van der Waals surface area contributed by atoms with E-state index >= 15 is 0 Å². The van der Waals surface area contributed by atoms with Crippen LogP contribution in [0.1, 0.15) is 87.8 Å². The summed E-state index contributed by atoms with van der Waals surface area (Å²) in [5.74, 6) is 0. The molecule has 0 aromatic heterocycles. The van der Waals surface area contributed by atoms with E-state index in [2.05, 4.69) is 13.8 Å². The van der Waals surface area contributed by atoms with Crippen molar-refractivity contribution in [3.8, 4) is 0 Å². The molecule has 0 aliphatic carbocycles. The van der Waals surface area contributed by atoms with Crippen molar-refractivity contribution in [2.75, 3.05) is 0 Å². The molecule has 1 rings (SSSR count). The van der Waals surface area contributed by atoms with Crippen LogP contribution in [0, 0.1) is 13.8 Å². The van der Waals surface area contributed by atoms with Crippen LogP contribution in [-0.4, -0.2) is 0 Å². The van der Waals surface area contributed by atoms with Crippen molar-refractivity contribution in [2.45, 2.75) is 91.4 Å². The Bertz CT molecular complexity index is 451. The molecule has 0 saturated carbocycles. The standard InChI is InChI=1S/C20H31Cl3/c1-4-5-6-7-8-9-10-11-12-13-14-17-15(2)16(3)18(21)20(23)19(17)22/h4-14H2,1-3H3. The molecule has 0 aliphatic heterocycles. The molecule has 0 saturated heterocycles. The number of halogens is 3. The van der Waals surface area contributed by atoms with Crippen molar-refractivity contribution in [3.63, 3.8) is 0 Å². The van der Waals surface area contributed by atoms with Crippen LogP contribution >= 0.6 is 34.8 Å². The van der Waals surface area contributed by atoms with Gasteiger partial charge < -0.3 is 0 Å². The molecule has 1 aromatic rings. The predicted octanol–water partition coefficient (Wildman–Crippen LogP) is 8.73. The van der Waals surface area contributed by atoms with Crippen molar-refractivity contribution in [1.82, 2.24) is 0 Å². The number of hydrogen-bond donors (Lipinski definition) is 0. The van der Waals surface area contributed by atoms with Crippen LogP contribution in [0.4, 0.5) is 0 Å². The van der Waals surface area contributed by atoms with Crippen LogP contribution in [0.5, 0.6) is 0 Å². The molecule has 0 aliphatic rings. The third-order valence-corrected chi connectivity index (χ3v) is 6.24. The Morgan fingerprint density at radius 3 is 1.57 bits per heavy atom. The van der Waals surface area contributed by atoms with E-state index < -0.39 is 0 Å². The van der Waals surface area contributed by atoms with Gasteiger partial charge in [-0.25, -0.2) is 0 Å². The second-order valence-corrected chi connectivity index (χ2v) is 7.74. The fraction of sp³-hybridized carbons (Fsp3) is 0.700. The Labute approximate surface area is 157 Å². The van der Waals surface area contributed by atoms with E-state index in [4.69, 9.17) is 34.8 Å². The summed E-state index contributed by atoms with van der Waals surface area (Å²) in [6.45, 7) is 6.38. The monoisotopic (exact) mass is 376 g/mol. The van der Waals surface area contributed by atoms with E-state index in [1.807, 2.05) is 6.92 Å². The van der Waals surface area contributed by atoms with E-state index in [0.717, 1.165) is 12.0 Å². The van der Waals surface area contributed by atoms with Gasteiger partial charge >= 0.3 is 0 Å². The normalized spacial score (nSPS) is 11.2. The molecule has 0 N–H and O–H groups in total. The summed E-state index contributed by atoms with van der Waals surface area (Å²) in [6, 6.07) is 0. The number of benzene rings is 1. The minimum atomic E-state index is 0.513. The van der Waals surface area contributed by atoms with Crippen LogP contribution in [0.3, 0.4) is 0 Å². The molecular formula is C20H31Cl3. The maximum atomic E-state index is 6.38. The highest BCUT2D eigenvalue weighted by atomic mass is 35.5. The molecule has 23 heavy (non-hydrogen) atoms. The smallest absolute Gasteiger partial charge is 0.0784 e. The summed E-state index contributed by atoms with van der Waals surface area (Å²) >= 11 is 18.8. The molecule has 0 nitrogen and oxygen atoms in total. The number of unbranched alkanes of at least 4 members (excludes halogenated alkanes) is 9. The van der Waals surface area contributed by atoms with E-state index in [1.165, 1.54) is 75.3 Å². The molecule has 0 unspecified atom stereocenters. The molecular weight excluding hydrogens is 347 g/mol. The zero-order valence-electron chi connectivity index (χ0n) is 14.9. The molecule has 0 spiro atoms. The van der Waals surface area contributed by atoms with Gasteiger partial charge in [0.2, 0.25) is 0 Å². The van der Waals surface area contributed by atoms with Crippen LogP contribution in [0.25, 0.3) is 0 Å². The summed E-state index contributed by atoms with van der Waals surface area (Å²) in [5.41, 5.74) is 3.43. The molecule has 1 aromatic carbocycles. The quantitative estimate of drug-likeness (QED) is 0.267. The molecule has 0 fully saturated rings. The van der Waals surface area contributed by atoms with Gasteiger partial charge in [-0.15, -0.1) is 0 Å². The van der Waals surface area contributed by atoms with Gasteiger partial charge in [-0.3, -0.25) is 0 Å². The summed E-state index contributed by atoms with van der Waals surface area (Å²) in [5, 5.41) is 1.76. The van der Waals surface area contributed by atoms with Crippen LogP contribution < -0.4 is 0 Å². The van der Waals surface area contributed by atoms with E-state index in [-0.39, 0.29) is 0 Å². The third kappa shape index (κ3) is 6.85. The first-order valence-electron chi connectivity index (χ1n) is 9.13. The molecule has 0 radical (unpaired) electrons. The molecule has 0 atom stereocenters. The highest BCUT2D eigenvalue weighted by Gasteiger charge is 2.15. The Kier molecular flexibility index (Phi) is 10.7. The first-order chi connectivity index (χ1) is 11.0.